The van der Waals surface area contributed by atoms with Crippen LogP contribution in [0.1, 0.15) is 16.5 Å². The fourth-order valence-electron chi connectivity index (χ4n) is 2.62. The lowest BCUT2D eigenvalue weighted by Gasteiger charge is -2.17. The minimum Gasteiger partial charge on any atom is -0.493 e. The minimum atomic E-state index is -0.871. The van der Waals surface area contributed by atoms with E-state index in [-0.39, 0.29) is 12.0 Å². The lowest BCUT2D eigenvalue weighted by molar-refractivity contribution is -0.138. The van der Waals surface area contributed by atoms with Crippen molar-refractivity contribution in [2.75, 3.05) is 12.9 Å². The molecule has 27 heavy (non-hydrogen) atoms. The Balaban J connectivity index is 1.78. The van der Waals surface area contributed by atoms with Gasteiger partial charge in [-0.1, -0.05) is 40.9 Å². The average molecular weight is 449 g/mol. The van der Waals surface area contributed by atoms with E-state index in [9.17, 15) is 4.79 Å². The second-order valence-corrected chi connectivity index (χ2v) is 8.20. The highest BCUT2D eigenvalue weighted by molar-refractivity contribution is 7.99. The summed E-state index contributed by atoms with van der Waals surface area (Å²) in [7, 11) is 1.52. The van der Waals surface area contributed by atoms with Gasteiger partial charge in [0.15, 0.2) is 11.5 Å². The Morgan fingerprint density at radius 1 is 1.22 bits per heavy atom. The van der Waals surface area contributed by atoms with Gasteiger partial charge in [-0.15, -0.1) is 11.8 Å². The van der Waals surface area contributed by atoms with Gasteiger partial charge < -0.3 is 14.6 Å². The Bertz CT molecular complexity index is 865. The Morgan fingerprint density at radius 2 is 2.00 bits per heavy atom. The number of carboxylic acid groups (broad SMARTS) is 1. The third kappa shape index (κ3) is 4.76. The summed E-state index contributed by atoms with van der Waals surface area (Å²) in [5.41, 5.74) is 1.66. The van der Waals surface area contributed by atoms with Gasteiger partial charge in [-0.2, -0.15) is 0 Å². The van der Waals surface area contributed by atoms with E-state index in [2.05, 4.69) is 5.32 Å². The summed E-state index contributed by atoms with van der Waals surface area (Å²) in [6.07, 6.45) is 0. The van der Waals surface area contributed by atoms with Gasteiger partial charge in [-0.05, 0) is 35.4 Å². The van der Waals surface area contributed by atoms with E-state index in [0.29, 0.717) is 32.3 Å². The van der Waals surface area contributed by atoms with Crippen molar-refractivity contribution in [3.8, 4) is 11.5 Å². The highest BCUT2D eigenvalue weighted by Crippen LogP contribution is 2.42. The molecule has 1 saturated heterocycles. The smallest absolute Gasteiger partial charge is 0.321 e. The highest BCUT2D eigenvalue weighted by Gasteiger charge is 2.31. The lowest BCUT2D eigenvalue weighted by atomic mass is 10.1. The molecule has 1 aliphatic rings. The fraction of sp³-hybridized carbons (Fsp3) is 0.278. The normalized spacial score (nSPS) is 19.1. The third-order valence-corrected chi connectivity index (χ3v) is 6.29. The molecule has 1 aliphatic heterocycles. The Labute approximate surface area is 175 Å². The maximum Gasteiger partial charge on any atom is 0.321 e. The molecule has 2 atom stereocenters. The number of aliphatic carboxylic acids is 1. The zero-order valence-electron chi connectivity index (χ0n) is 14.2. The van der Waals surface area contributed by atoms with E-state index in [0.717, 1.165) is 11.1 Å². The maximum absolute atomic E-state index is 11.1. The number of nitrogens with one attached hydrogen (secondary N) is 1. The van der Waals surface area contributed by atoms with E-state index in [1.54, 1.807) is 24.3 Å². The number of thioether (sulfide) groups is 1. The number of hydrogen-bond donors (Lipinski definition) is 2. The van der Waals surface area contributed by atoms with E-state index in [1.807, 2.05) is 6.07 Å². The summed E-state index contributed by atoms with van der Waals surface area (Å²) in [4.78, 5) is 11.1. The monoisotopic (exact) mass is 447 g/mol. The van der Waals surface area contributed by atoms with Gasteiger partial charge in [0, 0.05) is 5.75 Å². The average Bonchev–Trinajstić information content (AvgIpc) is 3.13. The molecule has 144 valence electrons. The second kappa shape index (κ2) is 8.80. The molecule has 1 heterocycles. The molecule has 2 aromatic rings. The van der Waals surface area contributed by atoms with Crippen LogP contribution < -0.4 is 14.8 Å². The first kappa shape index (κ1) is 20.4. The van der Waals surface area contributed by atoms with Crippen molar-refractivity contribution >= 4 is 52.5 Å². The van der Waals surface area contributed by atoms with Gasteiger partial charge in [-0.3, -0.25) is 10.1 Å². The van der Waals surface area contributed by atoms with Crippen molar-refractivity contribution in [1.82, 2.24) is 5.32 Å². The molecule has 0 bridgehead atoms. The number of rotatable bonds is 6. The van der Waals surface area contributed by atoms with Crippen LogP contribution in [0.2, 0.25) is 15.1 Å². The van der Waals surface area contributed by atoms with Gasteiger partial charge in [-0.25, -0.2) is 0 Å². The number of carbonyl (C=O) groups is 1. The van der Waals surface area contributed by atoms with Gasteiger partial charge in [0.1, 0.15) is 12.6 Å². The summed E-state index contributed by atoms with van der Waals surface area (Å²) in [5.74, 6) is 0.491. The van der Waals surface area contributed by atoms with E-state index >= 15 is 0 Å². The van der Waals surface area contributed by atoms with Crippen LogP contribution in [0.25, 0.3) is 0 Å². The summed E-state index contributed by atoms with van der Waals surface area (Å²) >= 11 is 19.9. The largest absolute Gasteiger partial charge is 0.493 e. The van der Waals surface area contributed by atoms with Crippen molar-refractivity contribution in [2.24, 2.45) is 0 Å². The zero-order valence-corrected chi connectivity index (χ0v) is 17.3. The predicted molar refractivity (Wildman–Crippen MR) is 109 cm³/mol. The van der Waals surface area contributed by atoms with Crippen molar-refractivity contribution in [1.29, 1.82) is 0 Å². The summed E-state index contributed by atoms with van der Waals surface area (Å²) in [6, 6.07) is 8.20. The molecular weight excluding hydrogens is 433 g/mol. The summed E-state index contributed by atoms with van der Waals surface area (Å²) < 4.78 is 11.3. The molecule has 0 saturated carbocycles. The third-order valence-electron chi connectivity index (χ3n) is 4.00. The number of carboxylic acids is 1. The maximum atomic E-state index is 11.1. The van der Waals surface area contributed by atoms with Crippen LogP contribution in [-0.4, -0.2) is 30.0 Å². The quantitative estimate of drug-likeness (QED) is 0.646. The number of hydrogen-bond acceptors (Lipinski definition) is 5. The molecule has 0 amide bonds. The molecule has 2 aromatic carbocycles. The van der Waals surface area contributed by atoms with Crippen molar-refractivity contribution in [2.45, 2.75) is 18.0 Å². The van der Waals surface area contributed by atoms with Crippen LogP contribution in [0.4, 0.5) is 0 Å². The van der Waals surface area contributed by atoms with Crippen LogP contribution in [0.15, 0.2) is 30.3 Å². The predicted octanol–water partition coefficient (Wildman–Crippen LogP) is 5.02. The van der Waals surface area contributed by atoms with Crippen molar-refractivity contribution < 1.29 is 19.4 Å². The van der Waals surface area contributed by atoms with Gasteiger partial charge in [0.25, 0.3) is 0 Å². The number of benzene rings is 2. The Morgan fingerprint density at radius 3 is 2.63 bits per heavy atom. The Kier molecular flexibility index (Phi) is 6.65. The van der Waals surface area contributed by atoms with Crippen LogP contribution >= 0.6 is 46.6 Å². The highest BCUT2D eigenvalue weighted by atomic mass is 35.5. The van der Waals surface area contributed by atoms with Crippen LogP contribution in [0.3, 0.4) is 0 Å². The number of halogens is 3. The first-order chi connectivity index (χ1) is 12.9. The zero-order chi connectivity index (χ0) is 19.6. The molecule has 2 N–H and O–H groups in total. The van der Waals surface area contributed by atoms with Gasteiger partial charge >= 0.3 is 5.97 Å². The molecule has 0 aromatic heterocycles. The van der Waals surface area contributed by atoms with Gasteiger partial charge in [0.2, 0.25) is 0 Å². The number of methoxy groups -OCH3 is 1. The fourth-order valence-corrected chi connectivity index (χ4v) is 4.43. The minimum absolute atomic E-state index is 0.179. The standard InChI is InChI=1S/C18H16Cl3NO4S/c1-25-15-6-10(17-22-14(8-27-17)18(23)24)5-13(21)16(15)26-7-9-2-3-11(19)12(20)4-9/h2-6,14,17,22H,7-8H2,1H3,(H,23,24). The molecule has 0 spiro atoms. The molecular formula is C18H16Cl3NO4S. The molecule has 5 nitrogen and oxygen atoms in total. The molecule has 2 unspecified atom stereocenters. The topological polar surface area (TPSA) is 67.8 Å². The van der Waals surface area contributed by atoms with Gasteiger partial charge in [0.05, 0.1) is 27.6 Å². The molecule has 1 fully saturated rings. The second-order valence-electron chi connectivity index (χ2n) is 5.84. The summed E-state index contributed by atoms with van der Waals surface area (Å²) in [5, 5.41) is 13.3. The first-order valence-electron chi connectivity index (χ1n) is 7.93. The van der Waals surface area contributed by atoms with E-state index in [4.69, 9.17) is 49.4 Å². The number of ether oxygens (including phenoxy) is 2. The molecule has 0 aliphatic carbocycles. The summed E-state index contributed by atoms with van der Waals surface area (Å²) in [6.45, 7) is 0.240. The van der Waals surface area contributed by atoms with Crippen LogP contribution in [-0.2, 0) is 11.4 Å². The Hall–Kier alpha value is -1.31. The van der Waals surface area contributed by atoms with E-state index < -0.39 is 12.0 Å². The van der Waals surface area contributed by atoms with E-state index in [1.165, 1.54) is 18.9 Å². The van der Waals surface area contributed by atoms with Crippen LogP contribution in [0, 0.1) is 0 Å². The van der Waals surface area contributed by atoms with Crippen molar-refractivity contribution in [3.63, 3.8) is 0 Å². The van der Waals surface area contributed by atoms with Crippen LogP contribution in [0.5, 0.6) is 11.5 Å². The SMILES string of the molecule is COc1cc(C2NC(C(=O)O)CS2)cc(Cl)c1OCc1ccc(Cl)c(Cl)c1. The lowest BCUT2D eigenvalue weighted by Crippen LogP contribution is -2.33. The molecule has 3 rings (SSSR count). The van der Waals surface area contributed by atoms with Crippen molar-refractivity contribution in [3.05, 3.63) is 56.5 Å². The first-order valence-corrected chi connectivity index (χ1v) is 10.1. The molecule has 0 radical (unpaired) electrons. The molecule has 9 heteroatoms.